The minimum Gasteiger partial charge on any atom is -0.316 e. The fourth-order valence-electron chi connectivity index (χ4n) is 3.51. The van der Waals surface area contributed by atoms with Gasteiger partial charge in [-0.3, -0.25) is 10.1 Å². The van der Waals surface area contributed by atoms with Gasteiger partial charge in [0, 0.05) is 25.7 Å². The van der Waals surface area contributed by atoms with E-state index in [0.29, 0.717) is 18.7 Å². The fraction of sp³-hybridized carbons (Fsp3) is 0.600. The summed E-state index contributed by atoms with van der Waals surface area (Å²) in [6, 6.07) is 2.78. The summed E-state index contributed by atoms with van der Waals surface area (Å²) >= 11 is 0. The molecule has 1 aromatic rings. The molecule has 2 saturated heterocycles. The molecule has 0 saturated carbocycles. The van der Waals surface area contributed by atoms with Crippen molar-refractivity contribution >= 4 is 15.7 Å². The predicted molar refractivity (Wildman–Crippen MR) is 85.9 cm³/mol. The third kappa shape index (κ3) is 2.75. The summed E-state index contributed by atoms with van der Waals surface area (Å²) in [5.74, 6) is 0. The Morgan fingerprint density at radius 1 is 1.26 bits per heavy atom. The predicted octanol–water partition coefficient (Wildman–Crippen LogP) is 1.59. The number of rotatable bonds is 3. The van der Waals surface area contributed by atoms with E-state index in [1.807, 2.05) is 0 Å². The van der Waals surface area contributed by atoms with E-state index in [0.717, 1.165) is 31.5 Å². The maximum absolute atomic E-state index is 13.0. The number of sulfonamides is 1. The summed E-state index contributed by atoms with van der Waals surface area (Å²) in [6.45, 7) is 6.09. The highest BCUT2D eigenvalue weighted by atomic mass is 32.2. The normalized spacial score (nSPS) is 25.3. The molecule has 2 aliphatic rings. The third-order valence-electron chi connectivity index (χ3n) is 5.13. The second-order valence-electron chi connectivity index (χ2n) is 6.68. The maximum atomic E-state index is 13.0. The van der Waals surface area contributed by atoms with Crippen LogP contribution in [0.3, 0.4) is 0 Å². The minimum absolute atomic E-state index is 0.0123. The molecule has 0 radical (unpaired) electrons. The van der Waals surface area contributed by atoms with E-state index in [1.165, 1.54) is 16.4 Å². The molecule has 1 aromatic carbocycles. The Hall–Kier alpha value is -1.51. The van der Waals surface area contributed by atoms with Gasteiger partial charge in [-0.2, -0.15) is 4.31 Å². The van der Waals surface area contributed by atoms with Crippen molar-refractivity contribution in [2.24, 2.45) is 5.41 Å². The second-order valence-corrected chi connectivity index (χ2v) is 8.58. The Morgan fingerprint density at radius 2 is 1.96 bits per heavy atom. The van der Waals surface area contributed by atoms with E-state index in [4.69, 9.17) is 0 Å². The highest BCUT2D eigenvalue weighted by Gasteiger charge is 2.45. The number of benzene rings is 1. The van der Waals surface area contributed by atoms with Crippen molar-refractivity contribution in [3.63, 3.8) is 0 Å². The quantitative estimate of drug-likeness (QED) is 0.667. The zero-order valence-electron chi connectivity index (χ0n) is 13.3. The van der Waals surface area contributed by atoms with E-state index >= 15 is 0 Å². The van der Waals surface area contributed by atoms with Gasteiger partial charge < -0.3 is 5.32 Å². The molecule has 126 valence electrons. The van der Waals surface area contributed by atoms with Crippen molar-refractivity contribution in [1.82, 2.24) is 9.62 Å². The number of hydrogen-bond donors (Lipinski definition) is 1. The number of nitro benzene ring substituents is 1. The lowest BCUT2D eigenvalue weighted by atomic mass is 9.87. The first-order valence-electron chi connectivity index (χ1n) is 7.72. The van der Waals surface area contributed by atoms with Crippen molar-refractivity contribution in [2.75, 3.05) is 26.2 Å². The lowest BCUT2D eigenvalue weighted by Gasteiger charge is -2.22. The summed E-state index contributed by atoms with van der Waals surface area (Å²) in [5, 5.41) is 14.6. The van der Waals surface area contributed by atoms with Crippen LogP contribution in [0, 0.1) is 29.4 Å². The monoisotopic (exact) mass is 339 g/mol. The second kappa shape index (κ2) is 5.54. The lowest BCUT2D eigenvalue weighted by molar-refractivity contribution is -0.387. The number of hydrogen-bond acceptors (Lipinski definition) is 5. The van der Waals surface area contributed by atoms with Crippen LogP contribution >= 0.6 is 0 Å². The average Bonchev–Trinajstić information content (AvgIpc) is 3.12. The molecular formula is C15H21N3O4S. The average molecular weight is 339 g/mol. The molecule has 23 heavy (non-hydrogen) atoms. The van der Waals surface area contributed by atoms with Crippen LogP contribution in [0.2, 0.25) is 0 Å². The zero-order valence-corrected chi connectivity index (χ0v) is 14.1. The van der Waals surface area contributed by atoms with Gasteiger partial charge in [0.1, 0.15) is 0 Å². The van der Waals surface area contributed by atoms with Crippen LogP contribution in [0.1, 0.15) is 24.0 Å². The summed E-state index contributed by atoms with van der Waals surface area (Å²) in [7, 11) is -3.85. The van der Waals surface area contributed by atoms with Crippen LogP contribution < -0.4 is 5.32 Å². The SMILES string of the molecule is Cc1cc([N+](=O)[O-])c(S(=O)(=O)N2CCC3(CCNC3)C2)cc1C. The summed E-state index contributed by atoms with van der Waals surface area (Å²) < 4.78 is 27.3. The van der Waals surface area contributed by atoms with E-state index in [1.54, 1.807) is 13.8 Å². The molecule has 0 aliphatic carbocycles. The van der Waals surface area contributed by atoms with Gasteiger partial charge in [-0.1, -0.05) is 0 Å². The maximum Gasteiger partial charge on any atom is 0.289 e. The van der Waals surface area contributed by atoms with Crippen LogP contribution in [0.15, 0.2) is 17.0 Å². The molecule has 1 unspecified atom stereocenters. The molecule has 7 nitrogen and oxygen atoms in total. The Kier molecular flexibility index (Phi) is 3.94. The third-order valence-corrected chi connectivity index (χ3v) is 7.00. The number of nitro groups is 1. The number of aryl methyl sites for hydroxylation is 2. The molecule has 8 heteroatoms. The van der Waals surface area contributed by atoms with E-state index in [9.17, 15) is 18.5 Å². The van der Waals surface area contributed by atoms with E-state index < -0.39 is 14.9 Å². The molecule has 2 heterocycles. The van der Waals surface area contributed by atoms with Crippen LogP contribution in [-0.2, 0) is 10.0 Å². The summed E-state index contributed by atoms with van der Waals surface area (Å²) in [6.07, 6.45) is 1.76. The van der Waals surface area contributed by atoms with Crippen molar-refractivity contribution in [2.45, 2.75) is 31.6 Å². The van der Waals surface area contributed by atoms with Crippen molar-refractivity contribution in [3.05, 3.63) is 33.4 Å². The molecule has 2 aliphatic heterocycles. The first kappa shape index (κ1) is 16.4. The molecule has 1 spiro atoms. The van der Waals surface area contributed by atoms with Gasteiger partial charge in [-0.25, -0.2) is 8.42 Å². The number of nitrogens with one attached hydrogen (secondary N) is 1. The van der Waals surface area contributed by atoms with Gasteiger partial charge >= 0.3 is 0 Å². The van der Waals surface area contributed by atoms with Crippen LogP contribution in [0.5, 0.6) is 0 Å². The molecule has 0 bridgehead atoms. The highest BCUT2D eigenvalue weighted by Crippen LogP contribution is 2.40. The fourth-order valence-corrected chi connectivity index (χ4v) is 5.28. The van der Waals surface area contributed by atoms with Crippen molar-refractivity contribution < 1.29 is 13.3 Å². The standard InChI is InChI=1S/C15H21N3O4S/c1-11-7-13(18(19)20)14(8-12(11)2)23(21,22)17-6-4-15(10-17)3-5-16-9-15/h7-8,16H,3-6,9-10H2,1-2H3. The van der Waals surface area contributed by atoms with Crippen molar-refractivity contribution in [1.29, 1.82) is 0 Å². The van der Waals surface area contributed by atoms with E-state index in [-0.39, 0.29) is 16.0 Å². The molecule has 1 N–H and O–H groups in total. The molecule has 1 atom stereocenters. The largest absolute Gasteiger partial charge is 0.316 e. The van der Waals surface area contributed by atoms with Crippen molar-refractivity contribution in [3.8, 4) is 0 Å². The molecule has 2 fully saturated rings. The molecular weight excluding hydrogens is 318 g/mol. The summed E-state index contributed by atoms with van der Waals surface area (Å²) in [5.41, 5.74) is 1.11. The topological polar surface area (TPSA) is 92.5 Å². The highest BCUT2D eigenvalue weighted by molar-refractivity contribution is 7.89. The Bertz CT molecular complexity index is 754. The van der Waals surface area contributed by atoms with Crippen LogP contribution in [0.4, 0.5) is 5.69 Å². The number of nitrogens with zero attached hydrogens (tertiary/aromatic N) is 2. The smallest absolute Gasteiger partial charge is 0.289 e. The van der Waals surface area contributed by atoms with Gasteiger partial charge in [-0.15, -0.1) is 0 Å². The minimum atomic E-state index is -3.85. The Balaban J connectivity index is 2.00. The lowest BCUT2D eigenvalue weighted by Crippen LogP contribution is -2.33. The van der Waals surface area contributed by atoms with Crippen LogP contribution in [-0.4, -0.2) is 43.8 Å². The first-order chi connectivity index (χ1) is 10.8. The van der Waals surface area contributed by atoms with Gasteiger partial charge in [0.2, 0.25) is 10.0 Å². The molecule has 0 aromatic heterocycles. The Labute approximate surface area is 135 Å². The van der Waals surface area contributed by atoms with Gasteiger partial charge in [0.05, 0.1) is 4.92 Å². The van der Waals surface area contributed by atoms with E-state index in [2.05, 4.69) is 5.32 Å². The first-order valence-corrected chi connectivity index (χ1v) is 9.16. The van der Waals surface area contributed by atoms with Gasteiger partial charge in [-0.05, 0) is 55.8 Å². The zero-order chi connectivity index (χ0) is 16.8. The molecule has 0 amide bonds. The van der Waals surface area contributed by atoms with Crippen LogP contribution in [0.25, 0.3) is 0 Å². The van der Waals surface area contributed by atoms with Gasteiger partial charge in [0.15, 0.2) is 4.90 Å². The molecule has 3 rings (SSSR count). The summed E-state index contributed by atoms with van der Waals surface area (Å²) in [4.78, 5) is 10.5. The Morgan fingerprint density at radius 3 is 2.57 bits per heavy atom. The van der Waals surface area contributed by atoms with Gasteiger partial charge in [0.25, 0.3) is 5.69 Å².